The highest BCUT2D eigenvalue weighted by molar-refractivity contribution is 7.09. The lowest BCUT2D eigenvalue weighted by Crippen LogP contribution is -2.22. The van der Waals surface area contributed by atoms with E-state index in [2.05, 4.69) is 61.6 Å². The van der Waals surface area contributed by atoms with E-state index in [0.29, 0.717) is 6.04 Å². The summed E-state index contributed by atoms with van der Waals surface area (Å²) in [5, 5.41) is 6.89. The molecule has 0 radical (unpaired) electrons. The van der Waals surface area contributed by atoms with Crippen LogP contribution in [-0.4, -0.2) is 11.5 Å². The van der Waals surface area contributed by atoms with Crippen molar-refractivity contribution in [2.75, 3.05) is 6.54 Å². The molecule has 3 heteroatoms. The lowest BCUT2D eigenvalue weighted by Gasteiger charge is -2.17. The van der Waals surface area contributed by atoms with Crippen molar-refractivity contribution in [2.24, 2.45) is 0 Å². The zero-order chi connectivity index (χ0) is 13.8. The van der Waals surface area contributed by atoms with Gasteiger partial charge >= 0.3 is 0 Å². The highest BCUT2D eigenvalue weighted by Gasteiger charge is 2.08. The number of aryl methyl sites for hydroxylation is 3. The molecule has 2 aromatic rings. The molecule has 0 saturated carbocycles. The van der Waals surface area contributed by atoms with Crippen molar-refractivity contribution in [1.29, 1.82) is 0 Å². The number of hydrogen-bond donors (Lipinski definition) is 1. The lowest BCUT2D eigenvalue weighted by atomic mass is 10.00. The van der Waals surface area contributed by atoms with Crippen LogP contribution in [0, 0.1) is 20.8 Å². The van der Waals surface area contributed by atoms with Gasteiger partial charge in [0.1, 0.15) is 0 Å². The van der Waals surface area contributed by atoms with Crippen LogP contribution in [0.1, 0.15) is 40.4 Å². The van der Waals surface area contributed by atoms with Crippen molar-refractivity contribution >= 4 is 11.3 Å². The molecule has 2 rings (SSSR count). The van der Waals surface area contributed by atoms with E-state index in [1.54, 1.807) is 11.3 Å². The first-order valence-electron chi connectivity index (χ1n) is 6.78. The van der Waals surface area contributed by atoms with Crippen LogP contribution in [-0.2, 0) is 6.42 Å². The maximum absolute atomic E-state index is 4.49. The van der Waals surface area contributed by atoms with Crippen LogP contribution in [0.5, 0.6) is 0 Å². The normalized spacial score (nSPS) is 12.6. The van der Waals surface area contributed by atoms with Crippen LogP contribution in [0.4, 0.5) is 0 Å². The summed E-state index contributed by atoms with van der Waals surface area (Å²) in [7, 11) is 0. The molecule has 1 aromatic heterocycles. The van der Waals surface area contributed by atoms with E-state index in [1.807, 2.05) is 0 Å². The second-order valence-corrected chi connectivity index (χ2v) is 6.21. The second-order valence-electron chi connectivity index (χ2n) is 5.14. The summed E-state index contributed by atoms with van der Waals surface area (Å²) >= 11 is 1.73. The number of thiazole rings is 1. The number of hydrogen-bond acceptors (Lipinski definition) is 3. The van der Waals surface area contributed by atoms with Crippen molar-refractivity contribution in [3.63, 3.8) is 0 Å². The van der Waals surface area contributed by atoms with Gasteiger partial charge in [0.2, 0.25) is 0 Å². The molecule has 19 heavy (non-hydrogen) atoms. The summed E-state index contributed by atoms with van der Waals surface area (Å²) in [6, 6.07) is 7.04. The fourth-order valence-electron chi connectivity index (χ4n) is 2.28. The van der Waals surface area contributed by atoms with E-state index in [1.165, 1.54) is 22.4 Å². The first kappa shape index (κ1) is 14.2. The zero-order valence-corrected chi connectivity index (χ0v) is 13.0. The van der Waals surface area contributed by atoms with Crippen LogP contribution in [0.15, 0.2) is 23.6 Å². The fourth-order valence-corrected chi connectivity index (χ4v) is 2.92. The van der Waals surface area contributed by atoms with Gasteiger partial charge in [-0.25, -0.2) is 4.98 Å². The van der Waals surface area contributed by atoms with Gasteiger partial charge in [-0.3, -0.25) is 0 Å². The third kappa shape index (κ3) is 3.88. The van der Waals surface area contributed by atoms with Gasteiger partial charge in [0.05, 0.1) is 10.7 Å². The van der Waals surface area contributed by atoms with Crippen molar-refractivity contribution in [2.45, 2.75) is 40.2 Å². The molecule has 1 heterocycles. The van der Waals surface area contributed by atoms with Gasteiger partial charge in [-0.05, 0) is 38.8 Å². The minimum absolute atomic E-state index is 0.389. The van der Waals surface area contributed by atoms with Crippen LogP contribution in [0.2, 0.25) is 0 Å². The fraction of sp³-hybridized carbons (Fsp3) is 0.438. The van der Waals surface area contributed by atoms with Crippen LogP contribution in [0.25, 0.3) is 0 Å². The quantitative estimate of drug-likeness (QED) is 0.892. The first-order chi connectivity index (χ1) is 9.06. The number of nitrogens with zero attached hydrogens (tertiary/aromatic N) is 1. The maximum Gasteiger partial charge on any atom is 0.0897 e. The van der Waals surface area contributed by atoms with Gasteiger partial charge in [0, 0.05) is 24.4 Å². The summed E-state index contributed by atoms with van der Waals surface area (Å²) in [5.74, 6) is 0. The molecule has 0 amide bonds. The van der Waals surface area contributed by atoms with Crippen LogP contribution < -0.4 is 5.32 Å². The molecule has 1 aromatic carbocycles. The molecule has 2 nitrogen and oxygen atoms in total. The topological polar surface area (TPSA) is 24.9 Å². The van der Waals surface area contributed by atoms with E-state index in [9.17, 15) is 0 Å². The Morgan fingerprint density at radius 1 is 1.26 bits per heavy atom. The minimum Gasteiger partial charge on any atom is -0.310 e. The van der Waals surface area contributed by atoms with E-state index >= 15 is 0 Å². The smallest absolute Gasteiger partial charge is 0.0897 e. The molecule has 1 unspecified atom stereocenters. The van der Waals surface area contributed by atoms with Crippen molar-refractivity contribution in [3.8, 4) is 0 Å². The van der Waals surface area contributed by atoms with Gasteiger partial charge in [0.25, 0.3) is 0 Å². The molecule has 0 saturated heterocycles. The lowest BCUT2D eigenvalue weighted by molar-refractivity contribution is 0.571. The third-order valence-corrected chi connectivity index (χ3v) is 4.22. The highest BCUT2D eigenvalue weighted by atomic mass is 32.1. The Balaban J connectivity index is 1.90. The van der Waals surface area contributed by atoms with Gasteiger partial charge in [-0.1, -0.05) is 23.8 Å². The Morgan fingerprint density at radius 2 is 2.05 bits per heavy atom. The largest absolute Gasteiger partial charge is 0.310 e. The standard InChI is InChI=1S/C16H22N2S/c1-11-5-6-12(2)16(9-11)13(3)17-8-7-15-10-19-14(4)18-15/h5-6,9-10,13,17H,7-8H2,1-4H3. The van der Waals surface area contributed by atoms with Gasteiger partial charge in [-0.15, -0.1) is 11.3 Å². The Kier molecular flexibility index (Phi) is 4.72. The Morgan fingerprint density at radius 3 is 2.74 bits per heavy atom. The maximum atomic E-state index is 4.49. The van der Waals surface area contributed by atoms with Crippen molar-refractivity contribution in [3.05, 3.63) is 51.0 Å². The molecule has 0 aliphatic heterocycles. The summed E-state index contributed by atoms with van der Waals surface area (Å²) in [5.41, 5.74) is 5.28. The van der Waals surface area contributed by atoms with E-state index in [4.69, 9.17) is 0 Å². The summed E-state index contributed by atoms with van der Waals surface area (Å²) < 4.78 is 0. The number of rotatable bonds is 5. The zero-order valence-electron chi connectivity index (χ0n) is 12.2. The van der Waals surface area contributed by atoms with Gasteiger partial charge < -0.3 is 5.32 Å². The first-order valence-corrected chi connectivity index (χ1v) is 7.66. The SMILES string of the molecule is Cc1ccc(C)c(C(C)NCCc2csc(C)n2)c1. The van der Waals surface area contributed by atoms with Crippen LogP contribution in [0.3, 0.4) is 0 Å². The van der Waals surface area contributed by atoms with E-state index < -0.39 is 0 Å². The molecule has 1 N–H and O–H groups in total. The third-order valence-electron chi connectivity index (χ3n) is 3.40. The molecule has 0 aliphatic carbocycles. The molecule has 1 atom stereocenters. The predicted molar refractivity (Wildman–Crippen MR) is 82.9 cm³/mol. The molecule has 0 bridgehead atoms. The summed E-state index contributed by atoms with van der Waals surface area (Å²) in [6.45, 7) is 9.58. The van der Waals surface area contributed by atoms with Gasteiger partial charge in [0.15, 0.2) is 0 Å². The highest BCUT2D eigenvalue weighted by Crippen LogP contribution is 2.18. The number of nitrogens with one attached hydrogen (secondary N) is 1. The average Bonchev–Trinajstić information content (AvgIpc) is 2.78. The second kappa shape index (κ2) is 6.31. The average molecular weight is 274 g/mol. The summed E-state index contributed by atoms with van der Waals surface area (Å²) in [6.07, 6.45) is 1.000. The number of benzene rings is 1. The van der Waals surface area contributed by atoms with Crippen molar-refractivity contribution in [1.82, 2.24) is 10.3 Å². The Labute approximate surface area is 119 Å². The Hall–Kier alpha value is -1.19. The Bertz CT molecular complexity index is 545. The van der Waals surface area contributed by atoms with E-state index in [0.717, 1.165) is 18.0 Å². The van der Waals surface area contributed by atoms with Gasteiger partial charge in [-0.2, -0.15) is 0 Å². The van der Waals surface area contributed by atoms with E-state index in [-0.39, 0.29) is 0 Å². The molecular weight excluding hydrogens is 252 g/mol. The predicted octanol–water partition coefficient (Wildman–Crippen LogP) is 3.96. The molecule has 102 valence electrons. The van der Waals surface area contributed by atoms with Crippen molar-refractivity contribution < 1.29 is 0 Å². The molecule has 0 spiro atoms. The molecule has 0 aliphatic rings. The number of aromatic nitrogens is 1. The molecule has 0 fully saturated rings. The molecular formula is C16H22N2S. The monoisotopic (exact) mass is 274 g/mol. The minimum atomic E-state index is 0.389. The summed E-state index contributed by atoms with van der Waals surface area (Å²) in [4.78, 5) is 4.49. The van der Waals surface area contributed by atoms with Crippen LogP contribution >= 0.6 is 11.3 Å².